The van der Waals surface area contributed by atoms with Gasteiger partial charge in [-0.15, -0.1) is 0 Å². The number of aliphatic carboxylic acids is 1. The minimum Gasteiger partial charge on any atom is -0.475 e. The highest BCUT2D eigenvalue weighted by Crippen LogP contribution is 2.26. The monoisotopic (exact) mass is 427 g/mol. The van der Waals surface area contributed by atoms with Gasteiger partial charge in [-0.3, -0.25) is 9.48 Å². The summed E-state index contributed by atoms with van der Waals surface area (Å²) in [5.41, 5.74) is 2.98. The Bertz CT molecular complexity index is 863. The number of carboxylic acid groups (broad SMARTS) is 1. The summed E-state index contributed by atoms with van der Waals surface area (Å²) in [5.74, 6) is -2.82. The number of hydrogen-bond donors (Lipinski definition) is 3. The number of benzene rings is 1. The van der Waals surface area contributed by atoms with Crippen LogP contribution >= 0.6 is 0 Å². The molecule has 1 fully saturated rings. The van der Waals surface area contributed by atoms with Gasteiger partial charge in [0.05, 0.1) is 17.6 Å². The van der Waals surface area contributed by atoms with Crippen LogP contribution in [0.5, 0.6) is 0 Å². The van der Waals surface area contributed by atoms with E-state index in [4.69, 9.17) is 9.90 Å². The largest absolute Gasteiger partial charge is 0.490 e. The molecule has 0 spiro atoms. The van der Waals surface area contributed by atoms with Gasteiger partial charge in [-0.25, -0.2) is 4.79 Å². The van der Waals surface area contributed by atoms with Crippen LogP contribution in [0.1, 0.15) is 18.5 Å². The molecule has 0 radical (unpaired) electrons. The quantitative estimate of drug-likeness (QED) is 0.693. The summed E-state index contributed by atoms with van der Waals surface area (Å²) in [6, 6.07) is 7.62. The maximum atomic E-state index is 12.6. The molecule has 1 aliphatic rings. The summed E-state index contributed by atoms with van der Waals surface area (Å²) in [7, 11) is 0. The molecule has 1 saturated heterocycles. The van der Waals surface area contributed by atoms with Crippen molar-refractivity contribution in [2.75, 3.05) is 36.4 Å². The van der Waals surface area contributed by atoms with Crippen molar-refractivity contribution >= 4 is 23.3 Å². The second kappa shape index (κ2) is 10.1. The van der Waals surface area contributed by atoms with Crippen molar-refractivity contribution in [1.29, 1.82) is 0 Å². The van der Waals surface area contributed by atoms with Gasteiger partial charge in [0.2, 0.25) is 5.91 Å². The summed E-state index contributed by atoms with van der Waals surface area (Å²) >= 11 is 0. The molecule has 0 saturated carbocycles. The van der Waals surface area contributed by atoms with Crippen LogP contribution in [0.3, 0.4) is 0 Å². The Morgan fingerprint density at radius 1 is 1.23 bits per heavy atom. The predicted octanol–water partition coefficient (Wildman–Crippen LogP) is 2.43. The third-order valence-corrected chi connectivity index (χ3v) is 4.37. The Kier molecular flexibility index (Phi) is 7.81. The molecule has 30 heavy (non-hydrogen) atoms. The molecule has 1 aromatic heterocycles. The Morgan fingerprint density at radius 2 is 1.83 bits per heavy atom. The lowest BCUT2D eigenvalue weighted by Crippen LogP contribution is -2.43. The van der Waals surface area contributed by atoms with Crippen LogP contribution in [0.25, 0.3) is 0 Å². The van der Waals surface area contributed by atoms with E-state index in [1.165, 1.54) is 0 Å². The first-order chi connectivity index (χ1) is 14.1. The van der Waals surface area contributed by atoms with Crippen molar-refractivity contribution in [2.45, 2.75) is 26.1 Å². The normalized spacial score (nSPS) is 15.0. The molecule has 1 aromatic carbocycles. The summed E-state index contributed by atoms with van der Waals surface area (Å²) in [6.07, 6.45) is -1.44. The number of amides is 1. The fourth-order valence-corrected chi connectivity index (χ4v) is 2.76. The number of halogens is 3. The van der Waals surface area contributed by atoms with Crippen LogP contribution in [0, 0.1) is 6.92 Å². The molecule has 3 N–H and O–H groups in total. The first-order valence-electron chi connectivity index (χ1n) is 9.26. The molecule has 3 rings (SSSR count). The summed E-state index contributed by atoms with van der Waals surface area (Å²) in [6.45, 7) is 7.64. The van der Waals surface area contributed by atoms with Gasteiger partial charge in [0.25, 0.3) is 0 Å². The van der Waals surface area contributed by atoms with Crippen LogP contribution in [0.15, 0.2) is 36.7 Å². The number of aromatic nitrogens is 2. The molecule has 1 amide bonds. The predicted molar refractivity (Wildman–Crippen MR) is 106 cm³/mol. The number of carboxylic acids is 1. The summed E-state index contributed by atoms with van der Waals surface area (Å²) in [4.78, 5) is 23.8. The maximum Gasteiger partial charge on any atom is 0.490 e. The lowest BCUT2D eigenvalue weighted by atomic mass is 10.2. The minimum atomic E-state index is -5.08. The zero-order chi connectivity index (χ0) is 22.3. The Hall–Kier alpha value is -3.08. The van der Waals surface area contributed by atoms with Crippen molar-refractivity contribution in [3.05, 3.63) is 42.2 Å². The molecule has 1 aliphatic heterocycles. The average molecular weight is 427 g/mol. The molecule has 2 aromatic rings. The lowest BCUT2D eigenvalue weighted by molar-refractivity contribution is -0.192. The zero-order valence-electron chi connectivity index (χ0n) is 16.6. The van der Waals surface area contributed by atoms with E-state index in [1.807, 2.05) is 38.2 Å². The molecule has 8 nitrogen and oxygen atoms in total. The van der Waals surface area contributed by atoms with Gasteiger partial charge in [0, 0.05) is 32.4 Å². The number of nitrogens with zero attached hydrogens (tertiary/aromatic N) is 3. The Labute approximate surface area is 171 Å². The van der Waals surface area contributed by atoms with Gasteiger partial charge in [-0.05, 0) is 31.5 Å². The highest BCUT2D eigenvalue weighted by molar-refractivity contribution is 5.96. The summed E-state index contributed by atoms with van der Waals surface area (Å²) < 4.78 is 33.4. The molecule has 11 heteroatoms. The second-order valence-electron chi connectivity index (χ2n) is 6.72. The third kappa shape index (κ3) is 6.48. The number of anilines is 2. The van der Waals surface area contributed by atoms with E-state index in [-0.39, 0.29) is 11.9 Å². The van der Waals surface area contributed by atoms with Crippen LogP contribution in [0.4, 0.5) is 24.5 Å². The molecule has 2 heterocycles. The molecule has 164 valence electrons. The van der Waals surface area contributed by atoms with Gasteiger partial charge in [0.1, 0.15) is 6.04 Å². The van der Waals surface area contributed by atoms with Crippen LogP contribution < -0.4 is 15.5 Å². The average Bonchev–Trinajstić information content (AvgIpc) is 3.14. The Balaban J connectivity index is 0.000000396. The van der Waals surface area contributed by atoms with E-state index in [1.54, 1.807) is 10.9 Å². The number of nitrogens with one attached hydrogen (secondary N) is 2. The van der Waals surface area contributed by atoms with Gasteiger partial charge < -0.3 is 20.6 Å². The molecule has 0 bridgehead atoms. The summed E-state index contributed by atoms with van der Waals surface area (Å²) in [5, 5.41) is 17.8. The number of piperazine rings is 1. The van der Waals surface area contributed by atoms with Crippen molar-refractivity contribution in [3.8, 4) is 0 Å². The topological polar surface area (TPSA) is 99.5 Å². The van der Waals surface area contributed by atoms with E-state index in [9.17, 15) is 18.0 Å². The zero-order valence-corrected chi connectivity index (χ0v) is 16.6. The van der Waals surface area contributed by atoms with Crippen LogP contribution in [0.2, 0.25) is 0 Å². The van der Waals surface area contributed by atoms with Crippen molar-refractivity contribution in [3.63, 3.8) is 0 Å². The SMILES string of the molecule is Cc1cnn(C(C)C(=O)Nc2ccccc2N2CCNCC2)c1.O=C(O)C(F)(F)F. The molecule has 1 atom stereocenters. The standard InChI is InChI=1S/C17H23N5O.C2HF3O2/c1-13-11-19-22(12-13)14(2)17(23)20-15-5-3-4-6-16(15)21-9-7-18-8-10-21;3-2(4,5)1(6)7/h3-6,11-12,14,18H,7-10H2,1-2H3,(H,20,23);(H,6,7). The van der Waals surface area contributed by atoms with Crippen LogP contribution in [-0.2, 0) is 9.59 Å². The molecule has 1 unspecified atom stereocenters. The van der Waals surface area contributed by atoms with E-state index < -0.39 is 12.1 Å². The van der Waals surface area contributed by atoms with Gasteiger partial charge in [-0.1, -0.05) is 12.1 Å². The smallest absolute Gasteiger partial charge is 0.475 e. The van der Waals surface area contributed by atoms with Gasteiger partial charge in [-0.2, -0.15) is 18.3 Å². The molecular formula is C19H24F3N5O3. The first kappa shape index (κ1) is 23.2. The van der Waals surface area contributed by atoms with Crippen molar-refractivity contribution in [2.24, 2.45) is 0 Å². The third-order valence-electron chi connectivity index (χ3n) is 4.37. The van der Waals surface area contributed by atoms with E-state index in [0.717, 1.165) is 43.1 Å². The number of carbonyl (C=O) groups is 2. The van der Waals surface area contributed by atoms with Crippen molar-refractivity contribution < 1.29 is 27.9 Å². The number of para-hydroxylation sites is 2. The number of rotatable bonds is 4. The maximum absolute atomic E-state index is 12.6. The number of hydrogen-bond acceptors (Lipinski definition) is 5. The lowest BCUT2D eigenvalue weighted by Gasteiger charge is -2.31. The number of carbonyl (C=O) groups excluding carboxylic acids is 1. The molecular weight excluding hydrogens is 403 g/mol. The van der Waals surface area contributed by atoms with E-state index in [0.29, 0.717) is 0 Å². The number of alkyl halides is 3. The fraction of sp³-hybridized carbons (Fsp3) is 0.421. The van der Waals surface area contributed by atoms with E-state index >= 15 is 0 Å². The first-order valence-corrected chi connectivity index (χ1v) is 9.26. The highest BCUT2D eigenvalue weighted by Gasteiger charge is 2.38. The highest BCUT2D eigenvalue weighted by atomic mass is 19.4. The van der Waals surface area contributed by atoms with E-state index in [2.05, 4.69) is 26.7 Å². The molecule has 0 aliphatic carbocycles. The van der Waals surface area contributed by atoms with Crippen molar-refractivity contribution in [1.82, 2.24) is 15.1 Å². The van der Waals surface area contributed by atoms with Gasteiger partial charge in [0.15, 0.2) is 0 Å². The van der Waals surface area contributed by atoms with Gasteiger partial charge >= 0.3 is 12.1 Å². The van der Waals surface area contributed by atoms with Crippen LogP contribution in [-0.4, -0.2) is 59.1 Å². The Morgan fingerprint density at radius 3 is 2.37 bits per heavy atom. The second-order valence-corrected chi connectivity index (χ2v) is 6.72. The fourth-order valence-electron chi connectivity index (χ4n) is 2.76. The minimum absolute atomic E-state index is 0.0596. The number of aryl methyl sites for hydroxylation is 1.